The molecule has 18 heavy (non-hydrogen) atoms. The minimum atomic E-state index is 0.335. The summed E-state index contributed by atoms with van der Waals surface area (Å²) >= 11 is 11.8. The molecule has 2 nitrogen and oxygen atoms in total. The molecule has 0 saturated heterocycles. The normalized spacial score (nSPS) is 10.1. The molecule has 0 aliphatic carbocycles. The molecule has 0 radical (unpaired) electrons. The molecule has 0 unspecified atom stereocenters. The lowest BCUT2D eigenvalue weighted by molar-refractivity contribution is 0.112. The molecule has 2 aromatic rings. The van der Waals surface area contributed by atoms with Crippen molar-refractivity contribution >= 4 is 29.5 Å². The number of ether oxygens (including phenoxy) is 1. The van der Waals surface area contributed by atoms with E-state index in [0.717, 1.165) is 11.8 Å². The van der Waals surface area contributed by atoms with Gasteiger partial charge < -0.3 is 4.74 Å². The van der Waals surface area contributed by atoms with Crippen LogP contribution in [0.5, 0.6) is 5.75 Å². The summed E-state index contributed by atoms with van der Waals surface area (Å²) in [6, 6.07) is 12.2. The molecular formula is C14H10Cl2O2. The fourth-order valence-corrected chi connectivity index (χ4v) is 1.84. The first-order valence-electron chi connectivity index (χ1n) is 5.31. The van der Waals surface area contributed by atoms with E-state index in [1.54, 1.807) is 30.3 Å². The Morgan fingerprint density at radius 2 is 1.94 bits per heavy atom. The third-order valence-corrected chi connectivity index (χ3v) is 2.92. The first kappa shape index (κ1) is 12.9. The topological polar surface area (TPSA) is 26.3 Å². The van der Waals surface area contributed by atoms with Crippen molar-refractivity contribution < 1.29 is 9.53 Å². The van der Waals surface area contributed by atoms with Crippen LogP contribution < -0.4 is 4.74 Å². The molecule has 4 heteroatoms. The Hall–Kier alpha value is -1.51. The number of carbonyl (C=O) groups is 1. The van der Waals surface area contributed by atoms with Crippen LogP contribution in [0.25, 0.3) is 0 Å². The standard InChI is InChI=1S/C14H10Cl2O2/c15-12-4-5-13(16)14(7-12)18-9-11-3-1-2-10(6-11)8-17/h1-8H,9H2. The lowest BCUT2D eigenvalue weighted by Gasteiger charge is -2.08. The Balaban J connectivity index is 2.11. The molecule has 0 spiro atoms. The maximum absolute atomic E-state index is 10.7. The monoisotopic (exact) mass is 280 g/mol. The highest BCUT2D eigenvalue weighted by atomic mass is 35.5. The Bertz CT molecular complexity index is 567. The first-order chi connectivity index (χ1) is 8.69. The van der Waals surface area contributed by atoms with Crippen molar-refractivity contribution in [3.63, 3.8) is 0 Å². The van der Waals surface area contributed by atoms with Gasteiger partial charge >= 0.3 is 0 Å². The van der Waals surface area contributed by atoms with E-state index in [-0.39, 0.29) is 0 Å². The second-order valence-corrected chi connectivity index (χ2v) is 4.57. The van der Waals surface area contributed by atoms with Gasteiger partial charge in [-0.15, -0.1) is 0 Å². The fraction of sp³-hybridized carbons (Fsp3) is 0.0714. The average molecular weight is 281 g/mol. The van der Waals surface area contributed by atoms with Crippen molar-refractivity contribution in [2.24, 2.45) is 0 Å². The Morgan fingerprint density at radius 3 is 2.72 bits per heavy atom. The van der Waals surface area contributed by atoms with Crippen molar-refractivity contribution in [2.75, 3.05) is 0 Å². The molecule has 92 valence electrons. The van der Waals surface area contributed by atoms with Gasteiger partial charge in [0, 0.05) is 16.7 Å². The van der Waals surface area contributed by atoms with Gasteiger partial charge in [0.15, 0.2) is 0 Å². The summed E-state index contributed by atoms with van der Waals surface area (Å²) in [4.78, 5) is 10.7. The molecule has 0 aromatic heterocycles. The second-order valence-electron chi connectivity index (χ2n) is 3.73. The van der Waals surface area contributed by atoms with Gasteiger partial charge in [-0.05, 0) is 23.8 Å². The summed E-state index contributed by atoms with van der Waals surface area (Å²) in [5.74, 6) is 0.528. The fourth-order valence-electron chi connectivity index (χ4n) is 1.51. The molecule has 0 fully saturated rings. The van der Waals surface area contributed by atoms with Gasteiger partial charge in [-0.1, -0.05) is 41.4 Å². The van der Waals surface area contributed by atoms with Crippen LogP contribution in [0.3, 0.4) is 0 Å². The van der Waals surface area contributed by atoms with Crippen LogP contribution >= 0.6 is 23.2 Å². The predicted octanol–water partition coefficient (Wildman–Crippen LogP) is 4.38. The molecule has 2 aromatic carbocycles. The van der Waals surface area contributed by atoms with Crippen LogP contribution in [0, 0.1) is 0 Å². The van der Waals surface area contributed by atoms with Crippen molar-refractivity contribution in [1.29, 1.82) is 0 Å². The minimum absolute atomic E-state index is 0.335. The minimum Gasteiger partial charge on any atom is -0.487 e. The lowest BCUT2D eigenvalue weighted by atomic mass is 10.1. The predicted molar refractivity (Wildman–Crippen MR) is 72.6 cm³/mol. The zero-order valence-corrected chi connectivity index (χ0v) is 10.9. The van der Waals surface area contributed by atoms with Crippen LogP contribution in [0.1, 0.15) is 15.9 Å². The van der Waals surface area contributed by atoms with E-state index in [0.29, 0.717) is 28.0 Å². The maximum atomic E-state index is 10.7. The molecule has 0 saturated carbocycles. The largest absolute Gasteiger partial charge is 0.487 e. The molecule has 0 N–H and O–H groups in total. The van der Waals surface area contributed by atoms with Gasteiger partial charge in [0.1, 0.15) is 18.6 Å². The van der Waals surface area contributed by atoms with Crippen LogP contribution in [-0.4, -0.2) is 6.29 Å². The van der Waals surface area contributed by atoms with Crippen LogP contribution in [0.15, 0.2) is 42.5 Å². The van der Waals surface area contributed by atoms with Crippen LogP contribution in [0.2, 0.25) is 10.0 Å². The summed E-state index contributed by atoms with van der Waals surface area (Å²) in [6.07, 6.45) is 0.801. The van der Waals surface area contributed by atoms with Gasteiger partial charge in [0.25, 0.3) is 0 Å². The summed E-state index contributed by atoms with van der Waals surface area (Å²) in [5, 5.41) is 1.07. The maximum Gasteiger partial charge on any atom is 0.150 e. The molecule has 0 aliphatic heterocycles. The van der Waals surface area contributed by atoms with E-state index in [9.17, 15) is 4.79 Å². The molecule has 0 heterocycles. The number of halogens is 2. The zero-order chi connectivity index (χ0) is 13.0. The summed E-state index contributed by atoms with van der Waals surface area (Å²) in [6.45, 7) is 0.335. The SMILES string of the molecule is O=Cc1cccc(COc2cc(Cl)ccc2Cl)c1. The number of rotatable bonds is 4. The quantitative estimate of drug-likeness (QED) is 0.777. The van der Waals surface area contributed by atoms with Crippen LogP contribution in [0.4, 0.5) is 0 Å². The Labute approximate surface area is 115 Å². The molecule has 0 atom stereocenters. The Morgan fingerprint density at radius 1 is 1.11 bits per heavy atom. The highest BCUT2D eigenvalue weighted by molar-refractivity contribution is 6.34. The second kappa shape index (κ2) is 5.89. The van der Waals surface area contributed by atoms with E-state index in [2.05, 4.69) is 0 Å². The lowest BCUT2D eigenvalue weighted by Crippen LogP contribution is -1.96. The van der Waals surface area contributed by atoms with E-state index in [1.165, 1.54) is 0 Å². The van der Waals surface area contributed by atoms with Gasteiger partial charge in [0.05, 0.1) is 5.02 Å². The molecular weight excluding hydrogens is 271 g/mol. The number of benzene rings is 2. The number of aldehydes is 1. The van der Waals surface area contributed by atoms with Crippen LogP contribution in [-0.2, 0) is 6.61 Å². The van der Waals surface area contributed by atoms with E-state index >= 15 is 0 Å². The summed E-state index contributed by atoms with van der Waals surface area (Å²) < 4.78 is 5.57. The van der Waals surface area contributed by atoms with Crippen molar-refractivity contribution in [3.8, 4) is 5.75 Å². The third-order valence-electron chi connectivity index (χ3n) is 2.37. The van der Waals surface area contributed by atoms with Crippen molar-refractivity contribution in [2.45, 2.75) is 6.61 Å². The number of hydrogen-bond donors (Lipinski definition) is 0. The average Bonchev–Trinajstić information content (AvgIpc) is 2.40. The molecule has 0 bridgehead atoms. The number of hydrogen-bond acceptors (Lipinski definition) is 2. The highest BCUT2D eigenvalue weighted by Gasteiger charge is 2.03. The van der Waals surface area contributed by atoms with Gasteiger partial charge in [-0.25, -0.2) is 0 Å². The highest BCUT2D eigenvalue weighted by Crippen LogP contribution is 2.28. The summed E-state index contributed by atoms with van der Waals surface area (Å²) in [5.41, 5.74) is 1.52. The van der Waals surface area contributed by atoms with E-state index in [4.69, 9.17) is 27.9 Å². The molecule has 2 rings (SSSR count). The summed E-state index contributed by atoms with van der Waals surface area (Å²) in [7, 11) is 0. The van der Waals surface area contributed by atoms with Crippen molar-refractivity contribution in [3.05, 3.63) is 63.6 Å². The molecule has 0 aliphatic rings. The van der Waals surface area contributed by atoms with Gasteiger partial charge in [-0.3, -0.25) is 4.79 Å². The molecule has 0 amide bonds. The van der Waals surface area contributed by atoms with Gasteiger partial charge in [0.2, 0.25) is 0 Å². The zero-order valence-electron chi connectivity index (χ0n) is 9.40. The smallest absolute Gasteiger partial charge is 0.150 e. The van der Waals surface area contributed by atoms with E-state index < -0.39 is 0 Å². The van der Waals surface area contributed by atoms with Gasteiger partial charge in [-0.2, -0.15) is 0 Å². The van der Waals surface area contributed by atoms with E-state index in [1.807, 2.05) is 12.1 Å². The first-order valence-corrected chi connectivity index (χ1v) is 6.06. The number of carbonyl (C=O) groups excluding carboxylic acids is 1. The third kappa shape index (κ3) is 3.25. The Kier molecular flexibility index (Phi) is 4.24. The van der Waals surface area contributed by atoms with Crippen molar-refractivity contribution in [1.82, 2.24) is 0 Å².